The van der Waals surface area contributed by atoms with E-state index in [1.165, 1.54) is 0 Å². The molecule has 0 bridgehead atoms. The summed E-state index contributed by atoms with van der Waals surface area (Å²) in [5.74, 6) is -0.105. The first-order chi connectivity index (χ1) is 13.6. The summed E-state index contributed by atoms with van der Waals surface area (Å²) in [5, 5.41) is 12.6. The fraction of sp³-hybridized carbons (Fsp3) is 0.238. The zero-order chi connectivity index (χ0) is 19.5. The van der Waals surface area contributed by atoms with Crippen molar-refractivity contribution in [2.45, 2.75) is 26.8 Å². The Morgan fingerprint density at radius 2 is 1.96 bits per heavy atom. The van der Waals surface area contributed by atoms with Gasteiger partial charge in [0, 0.05) is 31.2 Å². The van der Waals surface area contributed by atoms with Gasteiger partial charge < -0.3 is 5.32 Å². The minimum atomic E-state index is -0.105. The van der Waals surface area contributed by atoms with Crippen molar-refractivity contribution >= 4 is 16.9 Å². The second-order valence-electron chi connectivity index (χ2n) is 6.72. The molecule has 4 aromatic rings. The number of nitrogens with zero attached hydrogens (tertiary/aromatic N) is 5. The van der Waals surface area contributed by atoms with Gasteiger partial charge in [-0.05, 0) is 44.5 Å². The van der Waals surface area contributed by atoms with Crippen LogP contribution in [0.15, 0.2) is 54.9 Å². The SMILES string of the molecule is Cc1cc(C(=O)NCCCn2cccn2)c2c(C)nn(-c3ccccc3)c2n1. The number of amides is 1. The average molecular weight is 374 g/mol. The lowest BCUT2D eigenvalue weighted by atomic mass is 10.1. The fourth-order valence-electron chi connectivity index (χ4n) is 3.31. The Morgan fingerprint density at radius 3 is 2.71 bits per heavy atom. The Kier molecular flexibility index (Phi) is 4.89. The summed E-state index contributed by atoms with van der Waals surface area (Å²) in [6.45, 7) is 5.15. The van der Waals surface area contributed by atoms with Gasteiger partial charge in [-0.2, -0.15) is 10.2 Å². The maximum atomic E-state index is 12.9. The maximum Gasteiger partial charge on any atom is 0.252 e. The van der Waals surface area contributed by atoms with E-state index in [4.69, 9.17) is 0 Å². The molecule has 1 amide bonds. The Morgan fingerprint density at radius 1 is 1.14 bits per heavy atom. The molecule has 0 saturated heterocycles. The number of carbonyl (C=O) groups excluding carboxylic acids is 1. The Hall–Kier alpha value is -3.48. The van der Waals surface area contributed by atoms with Crippen LogP contribution in [-0.4, -0.2) is 37.0 Å². The molecule has 4 rings (SSSR count). The fourth-order valence-corrected chi connectivity index (χ4v) is 3.31. The Labute approximate surface area is 163 Å². The summed E-state index contributed by atoms with van der Waals surface area (Å²) < 4.78 is 3.65. The summed E-state index contributed by atoms with van der Waals surface area (Å²) in [7, 11) is 0. The van der Waals surface area contributed by atoms with Crippen LogP contribution in [0.3, 0.4) is 0 Å². The van der Waals surface area contributed by atoms with Crippen LogP contribution in [0, 0.1) is 13.8 Å². The van der Waals surface area contributed by atoms with E-state index in [9.17, 15) is 4.79 Å². The Bertz CT molecular complexity index is 1100. The molecule has 0 radical (unpaired) electrons. The predicted molar refractivity (Wildman–Crippen MR) is 108 cm³/mol. The molecule has 3 aromatic heterocycles. The molecule has 0 aliphatic carbocycles. The van der Waals surface area contributed by atoms with Crippen LogP contribution in [0.1, 0.15) is 28.2 Å². The van der Waals surface area contributed by atoms with Crippen LogP contribution in [0.5, 0.6) is 0 Å². The third kappa shape index (κ3) is 3.51. The van der Waals surface area contributed by atoms with E-state index >= 15 is 0 Å². The highest BCUT2D eigenvalue weighted by Gasteiger charge is 2.19. The van der Waals surface area contributed by atoms with Crippen molar-refractivity contribution in [2.75, 3.05) is 6.54 Å². The molecule has 7 heteroatoms. The second-order valence-corrected chi connectivity index (χ2v) is 6.72. The molecule has 0 aliphatic heterocycles. The minimum Gasteiger partial charge on any atom is -0.352 e. The highest BCUT2D eigenvalue weighted by molar-refractivity contribution is 6.06. The monoisotopic (exact) mass is 374 g/mol. The number of pyridine rings is 1. The number of fused-ring (bicyclic) bond motifs is 1. The molecule has 28 heavy (non-hydrogen) atoms. The molecule has 3 heterocycles. The summed E-state index contributed by atoms with van der Waals surface area (Å²) in [4.78, 5) is 17.5. The van der Waals surface area contributed by atoms with Crippen molar-refractivity contribution in [1.29, 1.82) is 0 Å². The van der Waals surface area contributed by atoms with Gasteiger partial charge in [0.25, 0.3) is 5.91 Å². The lowest BCUT2D eigenvalue weighted by Gasteiger charge is -2.08. The summed E-state index contributed by atoms with van der Waals surface area (Å²) in [6, 6.07) is 13.6. The van der Waals surface area contributed by atoms with Crippen molar-refractivity contribution in [1.82, 2.24) is 29.9 Å². The molecule has 0 fully saturated rings. The molecule has 142 valence electrons. The number of para-hydroxylation sites is 1. The van der Waals surface area contributed by atoms with Crippen LogP contribution in [0.2, 0.25) is 0 Å². The molecule has 7 nitrogen and oxygen atoms in total. The number of hydrogen-bond donors (Lipinski definition) is 1. The topological polar surface area (TPSA) is 77.6 Å². The van der Waals surface area contributed by atoms with E-state index < -0.39 is 0 Å². The lowest BCUT2D eigenvalue weighted by Crippen LogP contribution is -2.25. The van der Waals surface area contributed by atoms with Crippen molar-refractivity contribution in [3.05, 3.63) is 71.8 Å². The van der Waals surface area contributed by atoms with Gasteiger partial charge in [0.2, 0.25) is 0 Å². The van der Waals surface area contributed by atoms with Crippen molar-refractivity contribution in [3.8, 4) is 5.69 Å². The largest absolute Gasteiger partial charge is 0.352 e. The first-order valence-electron chi connectivity index (χ1n) is 9.31. The maximum absolute atomic E-state index is 12.9. The van der Waals surface area contributed by atoms with E-state index in [1.807, 2.05) is 67.2 Å². The molecule has 0 spiro atoms. The van der Waals surface area contributed by atoms with Gasteiger partial charge in [0.15, 0.2) is 5.65 Å². The molecule has 0 unspecified atom stereocenters. The van der Waals surface area contributed by atoms with E-state index in [0.29, 0.717) is 17.8 Å². The van der Waals surface area contributed by atoms with E-state index in [-0.39, 0.29) is 5.91 Å². The smallest absolute Gasteiger partial charge is 0.252 e. The van der Waals surface area contributed by atoms with E-state index in [0.717, 1.165) is 35.4 Å². The number of aromatic nitrogens is 5. The van der Waals surface area contributed by atoms with Crippen LogP contribution in [0.25, 0.3) is 16.7 Å². The van der Waals surface area contributed by atoms with Crippen molar-refractivity contribution < 1.29 is 4.79 Å². The summed E-state index contributed by atoms with van der Waals surface area (Å²) in [6.07, 6.45) is 4.48. The standard InChI is InChI=1S/C21H22N6O/c1-15-14-18(21(28)22-10-6-12-26-13-7-11-23-26)19-16(2)25-27(20(19)24-15)17-8-4-3-5-9-17/h3-5,7-9,11,13-14H,6,10,12H2,1-2H3,(H,22,28). The number of nitrogens with one attached hydrogen (secondary N) is 1. The summed E-state index contributed by atoms with van der Waals surface area (Å²) in [5.41, 5.74) is 3.80. The van der Waals surface area contributed by atoms with Gasteiger partial charge >= 0.3 is 0 Å². The molecule has 0 aliphatic rings. The van der Waals surface area contributed by atoms with Crippen LogP contribution < -0.4 is 5.32 Å². The number of hydrogen-bond acceptors (Lipinski definition) is 4. The first-order valence-corrected chi connectivity index (χ1v) is 9.31. The van der Waals surface area contributed by atoms with Gasteiger partial charge in [-0.3, -0.25) is 9.48 Å². The van der Waals surface area contributed by atoms with E-state index in [2.05, 4.69) is 20.5 Å². The molecule has 0 atom stereocenters. The second kappa shape index (κ2) is 7.64. The number of rotatable bonds is 6. The van der Waals surface area contributed by atoms with Gasteiger partial charge in [0.05, 0.1) is 22.3 Å². The Balaban J connectivity index is 1.60. The van der Waals surface area contributed by atoms with Crippen LogP contribution in [0.4, 0.5) is 0 Å². The van der Waals surface area contributed by atoms with Gasteiger partial charge in [-0.15, -0.1) is 0 Å². The highest BCUT2D eigenvalue weighted by Crippen LogP contribution is 2.24. The zero-order valence-corrected chi connectivity index (χ0v) is 16.0. The summed E-state index contributed by atoms with van der Waals surface area (Å²) >= 11 is 0. The first kappa shape index (κ1) is 17.9. The average Bonchev–Trinajstić information content (AvgIpc) is 3.33. The third-order valence-corrected chi connectivity index (χ3v) is 4.59. The minimum absolute atomic E-state index is 0.105. The highest BCUT2D eigenvalue weighted by atomic mass is 16.1. The molecule has 1 N–H and O–H groups in total. The van der Waals surface area contributed by atoms with Crippen LogP contribution in [-0.2, 0) is 6.54 Å². The molecular weight excluding hydrogens is 352 g/mol. The third-order valence-electron chi connectivity index (χ3n) is 4.59. The van der Waals surface area contributed by atoms with Gasteiger partial charge in [-0.1, -0.05) is 18.2 Å². The van der Waals surface area contributed by atoms with Gasteiger partial charge in [0.1, 0.15) is 0 Å². The molecule has 0 saturated carbocycles. The van der Waals surface area contributed by atoms with E-state index in [1.54, 1.807) is 10.9 Å². The molecule has 1 aromatic carbocycles. The molecular formula is C21H22N6O. The number of benzene rings is 1. The quantitative estimate of drug-likeness (QED) is 0.526. The van der Waals surface area contributed by atoms with Gasteiger partial charge in [-0.25, -0.2) is 9.67 Å². The zero-order valence-electron chi connectivity index (χ0n) is 16.0. The van der Waals surface area contributed by atoms with Crippen molar-refractivity contribution in [2.24, 2.45) is 0 Å². The predicted octanol–water partition coefficient (Wildman–Crippen LogP) is 3.05. The normalized spacial score (nSPS) is 11.1. The number of carbonyl (C=O) groups is 1. The van der Waals surface area contributed by atoms with Crippen LogP contribution >= 0.6 is 0 Å². The lowest BCUT2D eigenvalue weighted by molar-refractivity contribution is 0.0954. The number of aryl methyl sites for hydroxylation is 3. The van der Waals surface area contributed by atoms with Crippen molar-refractivity contribution in [3.63, 3.8) is 0 Å².